The first-order valence-corrected chi connectivity index (χ1v) is 12.3. The maximum Gasteiger partial charge on any atom is 0.344 e. The molecule has 8 nitrogen and oxygen atoms in total. The van der Waals surface area contributed by atoms with Gasteiger partial charge < -0.3 is 24.8 Å². The molecule has 35 heavy (non-hydrogen) atoms. The number of carbonyl (C=O) groups is 2. The Bertz CT molecular complexity index is 969. The molecule has 0 radical (unpaired) electrons. The summed E-state index contributed by atoms with van der Waals surface area (Å²) in [4.78, 5) is 26.5. The monoisotopic (exact) mass is 483 g/mol. The average Bonchev–Trinajstić information content (AvgIpc) is 2.84. The summed E-state index contributed by atoms with van der Waals surface area (Å²) >= 11 is 0. The third-order valence-corrected chi connectivity index (χ3v) is 5.82. The summed E-state index contributed by atoms with van der Waals surface area (Å²) in [5.41, 5.74) is 3.53. The first-order chi connectivity index (χ1) is 17.0. The molecule has 2 aromatic rings. The summed E-state index contributed by atoms with van der Waals surface area (Å²) < 4.78 is 16.5. The van der Waals surface area contributed by atoms with Crippen LogP contribution >= 0.6 is 0 Å². The smallest absolute Gasteiger partial charge is 0.344 e. The fourth-order valence-corrected chi connectivity index (χ4v) is 4.09. The van der Waals surface area contributed by atoms with E-state index in [4.69, 9.17) is 14.2 Å². The maximum absolute atomic E-state index is 12.7. The first-order valence-electron chi connectivity index (χ1n) is 12.3. The van der Waals surface area contributed by atoms with Gasteiger partial charge in [0.1, 0.15) is 18.1 Å². The Hall–Kier alpha value is -3.26. The number of rotatable bonds is 12. The van der Waals surface area contributed by atoms with E-state index in [1.54, 1.807) is 25.1 Å². The number of nitrogens with one attached hydrogen (secondary N) is 2. The number of para-hydroxylation sites is 1. The largest absolute Gasteiger partial charge is 0.491 e. The van der Waals surface area contributed by atoms with E-state index >= 15 is 0 Å². The van der Waals surface area contributed by atoms with Crippen LogP contribution in [0.4, 0.5) is 11.4 Å². The number of hydrogen-bond donors (Lipinski definition) is 2. The number of esters is 1. The molecule has 0 unspecified atom stereocenters. The lowest BCUT2D eigenvalue weighted by atomic mass is 10.1. The van der Waals surface area contributed by atoms with Crippen molar-refractivity contribution in [1.82, 2.24) is 4.90 Å². The van der Waals surface area contributed by atoms with Crippen molar-refractivity contribution >= 4 is 23.3 Å². The average molecular weight is 484 g/mol. The van der Waals surface area contributed by atoms with Gasteiger partial charge in [0.15, 0.2) is 6.61 Å². The van der Waals surface area contributed by atoms with Crippen LogP contribution in [0.25, 0.3) is 0 Å². The lowest BCUT2D eigenvalue weighted by Gasteiger charge is -2.25. The normalized spacial score (nSPS) is 13.7. The topological polar surface area (TPSA) is 89.1 Å². The SMILES string of the molecule is CCOC(=O)COc1ccc(NC(=O)CN2CCCCC2)c(NCCOc2c(C)cccc2C)c1. The van der Waals surface area contributed by atoms with Crippen molar-refractivity contribution in [2.75, 3.05) is 56.6 Å². The van der Waals surface area contributed by atoms with E-state index in [0.29, 0.717) is 43.4 Å². The highest BCUT2D eigenvalue weighted by Crippen LogP contribution is 2.28. The van der Waals surface area contributed by atoms with Gasteiger partial charge in [0, 0.05) is 12.6 Å². The Labute approximate surface area is 207 Å². The fourth-order valence-electron chi connectivity index (χ4n) is 4.09. The van der Waals surface area contributed by atoms with Crippen LogP contribution < -0.4 is 20.1 Å². The highest BCUT2D eigenvalue weighted by Gasteiger charge is 2.16. The van der Waals surface area contributed by atoms with E-state index in [1.165, 1.54) is 6.42 Å². The van der Waals surface area contributed by atoms with Crippen LogP contribution in [0, 0.1) is 13.8 Å². The van der Waals surface area contributed by atoms with Crippen LogP contribution in [-0.2, 0) is 14.3 Å². The molecule has 2 N–H and O–H groups in total. The van der Waals surface area contributed by atoms with Gasteiger partial charge in [0.2, 0.25) is 5.91 Å². The predicted octanol–water partition coefficient (Wildman–Crippen LogP) is 4.16. The zero-order valence-corrected chi connectivity index (χ0v) is 21.0. The maximum atomic E-state index is 12.7. The molecule has 0 spiro atoms. The van der Waals surface area contributed by atoms with Gasteiger partial charge in [-0.1, -0.05) is 24.6 Å². The molecule has 0 atom stereocenters. The van der Waals surface area contributed by atoms with Gasteiger partial charge in [-0.3, -0.25) is 9.69 Å². The summed E-state index contributed by atoms with van der Waals surface area (Å²) in [6.07, 6.45) is 3.49. The molecule has 1 aliphatic rings. The number of aryl methyl sites for hydroxylation is 2. The van der Waals surface area contributed by atoms with Crippen LogP contribution in [0.1, 0.15) is 37.3 Å². The molecular weight excluding hydrogens is 446 g/mol. The fraction of sp³-hybridized carbons (Fsp3) is 0.481. The minimum Gasteiger partial charge on any atom is -0.491 e. The summed E-state index contributed by atoms with van der Waals surface area (Å²) in [5.74, 6) is 0.908. The molecule has 2 aromatic carbocycles. The van der Waals surface area contributed by atoms with E-state index < -0.39 is 5.97 Å². The molecule has 1 amide bonds. The Morgan fingerprint density at radius 3 is 2.43 bits per heavy atom. The van der Waals surface area contributed by atoms with Gasteiger partial charge in [-0.05, 0) is 70.0 Å². The summed E-state index contributed by atoms with van der Waals surface area (Å²) in [5, 5.41) is 6.35. The zero-order chi connectivity index (χ0) is 25.0. The number of anilines is 2. The number of carbonyl (C=O) groups excluding carboxylic acids is 2. The lowest BCUT2D eigenvalue weighted by molar-refractivity contribution is -0.145. The van der Waals surface area contributed by atoms with Gasteiger partial charge in [0.25, 0.3) is 0 Å². The van der Waals surface area contributed by atoms with Gasteiger partial charge in [-0.15, -0.1) is 0 Å². The van der Waals surface area contributed by atoms with Gasteiger partial charge in [0.05, 0.1) is 24.5 Å². The molecule has 0 saturated carbocycles. The molecule has 8 heteroatoms. The van der Waals surface area contributed by atoms with E-state index in [2.05, 4.69) is 15.5 Å². The van der Waals surface area contributed by atoms with E-state index in [9.17, 15) is 9.59 Å². The van der Waals surface area contributed by atoms with Crippen molar-refractivity contribution < 1.29 is 23.8 Å². The van der Waals surface area contributed by atoms with Crippen LogP contribution in [0.3, 0.4) is 0 Å². The van der Waals surface area contributed by atoms with Crippen LogP contribution in [0.5, 0.6) is 11.5 Å². The molecule has 0 bridgehead atoms. The van der Waals surface area contributed by atoms with Crippen molar-refractivity contribution in [2.45, 2.75) is 40.0 Å². The molecule has 1 aliphatic heterocycles. The molecule has 3 rings (SSSR count). The molecule has 1 heterocycles. The van der Waals surface area contributed by atoms with Gasteiger partial charge in [-0.2, -0.15) is 0 Å². The quantitative estimate of drug-likeness (QED) is 0.346. The second-order valence-electron chi connectivity index (χ2n) is 8.68. The third kappa shape index (κ3) is 8.47. The van der Waals surface area contributed by atoms with Crippen molar-refractivity contribution in [3.8, 4) is 11.5 Å². The molecule has 190 valence electrons. The number of benzene rings is 2. The number of amides is 1. The Morgan fingerprint density at radius 1 is 0.971 bits per heavy atom. The number of hydrogen-bond acceptors (Lipinski definition) is 7. The second-order valence-corrected chi connectivity index (χ2v) is 8.68. The Morgan fingerprint density at radius 2 is 1.71 bits per heavy atom. The first kappa shape index (κ1) is 26.3. The number of ether oxygens (including phenoxy) is 3. The Balaban J connectivity index is 1.63. The van der Waals surface area contributed by atoms with E-state index in [-0.39, 0.29) is 12.5 Å². The summed E-state index contributed by atoms with van der Waals surface area (Å²) in [7, 11) is 0. The summed E-state index contributed by atoms with van der Waals surface area (Å²) in [6, 6.07) is 11.3. The minimum atomic E-state index is -0.428. The van der Waals surface area contributed by atoms with Crippen molar-refractivity contribution in [1.29, 1.82) is 0 Å². The number of likely N-dealkylation sites (tertiary alicyclic amines) is 1. The molecule has 0 aromatic heterocycles. The molecular formula is C27H37N3O5. The van der Waals surface area contributed by atoms with E-state index in [0.717, 1.165) is 42.8 Å². The Kier molecular flexibility index (Phi) is 10.2. The summed E-state index contributed by atoms with van der Waals surface area (Å²) in [6.45, 7) is 9.17. The van der Waals surface area contributed by atoms with Crippen molar-refractivity contribution in [3.63, 3.8) is 0 Å². The lowest BCUT2D eigenvalue weighted by Crippen LogP contribution is -2.36. The highest BCUT2D eigenvalue weighted by atomic mass is 16.6. The second kappa shape index (κ2) is 13.6. The van der Waals surface area contributed by atoms with Gasteiger partial charge in [-0.25, -0.2) is 4.79 Å². The number of piperidine rings is 1. The molecule has 1 fully saturated rings. The molecule has 1 saturated heterocycles. The van der Waals surface area contributed by atoms with Gasteiger partial charge >= 0.3 is 5.97 Å². The van der Waals surface area contributed by atoms with Crippen LogP contribution in [-0.4, -0.2) is 62.8 Å². The van der Waals surface area contributed by atoms with Crippen molar-refractivity contribution in [2.24, 2.45) is 0 Å². The highest BCUT2D eigenvalue weighted by molar-refractivity contribution is 5.95. The van der Waals surface area contributed by atoms with Crippen LogP contribution in [0.15, 0.2) is 36.4 Å². The van der Waals surface area contributed by atoms with Crippen molar-refractivity contribution in [3.05, 3.63) is 47.5 Å². The van der Waals surface area contributed by atoms with E-state index in [1.807, 2.05) is 32.0 Å². The minimum absolute atomic E-state index is 0.0538. The zero-order valence-electron chi connectivity index (χ0n) is 21.0. The number of nitrogens with zero attached hydrogens (tertiary/aromatic N) is 1. The molecule has 0 aliphatic carbocycles. The standard InChI is InChI=1S/C27H37N3O5/c1-4-33-26(32)19-35-22-11-12-23(29-25(31)18-30-14-6-5-7-15-30)24(17-22)28-13-16-34-27-20(2)9-8-10-21(27)3/h8-12,17,28H,4-7,13-16,18-19H2,1-3H3,(H,29,31). The van der Waals surface area contributed by atoms with Crippen LogP contribution in [0.2, 0.25) is 0 Å². The third-order valence-electron chi connectivity index (χ3n) is 5.82. The predicted molar refractivity (Wildman–Crippen MR) is 137 cm³/mol.